The summed E-state index contributed by atoms with van der Waals surface area (Å²) in [6.45, 7) is 2.00. The summed E-state index contributed by atoms with van der Waals surface area (Å²) in [5, 5.41) is 8.21. The Morgan fingerprint density at radius 1 is 1.22 bits per heavy atom. The molecule has 3 rings (SSSR count). The largest absolute Gasteiger partial charge is 0.326 e. The highest BCUT2D eigenvalue weighted by Gasteiger charge is 2.13. The molecule has 0 saturated carbocycles. The Morgan fingerprint density at radius 3 is 2.61 bits per heavy atom. The second-order valence-electron chi connectivity index (χ2n) is 5.41. The Morgan fingerprint density at radius 2 is 1.91 bits per heavy atom. The molecule has 5 nitrogen and oxygen atoms in total. The summed E-state index contributed by atoms with van der Waals surface area (Å²) < 4.78 is 14.7. The van der Waals surface area contributed by atoms with Gasteiger partial charge in [-0.1, -0.05) is 0 Å². The molecule has 0 aliphatic rings. The molecular formula is C17H17FN4O. The van der Waals surface area contributed by atoms with Gasteiger partial charge in [-0.2, -0.15) is 5.10 Å². The number of hydrogen-bond donors (Lipinski definition) is 1. The first-order valence-corrected chi connectivity index (χ1v) is 7.19. The van der Waals surface area contributed by atoms with Crippen molar-refractivity contribution in [1.82, 2.24) is 9.78 Å². The van der Waals surface area contributed by atoms with Gasteiger partial charge in [0.15, 0.2) is 0 Å². The summed E-state index contributed by atoms with van der Waals surface area (Å²) in [5.74, 6) is -0.340. The summed E-state index contributed by atoms with van der Waals surface area (Å²) in [4.78, 5) is 13.8. The predicted octanol–water partition coefficient (Wildman–Crippen LogP) is 3.69. The van der Waals surface area contributed by atoms with Crippen LogP contribution < -0.4 is 10.2 Å². The third-order valence-corrected chi connectivity index (χ3v) is 3.90. The molecule has 0 radical (unpaired) electrons. The number of urea groups is 1. The number of amides is 2. The van der Waals surface area contributed by atoms with E-state index in [1.165, 1.54) is 29.2 Å². The number of benzene rings is 2. The average Bonchev–Trinajstić information content (AvgIpc) is 2.83. The SMILES string of the molecule is Cc1c2ccc(N(C)C(=O)Nc3ccc(F)cc3)cc2nn1C. The fourth-order valence-corrected chi connectivity index (χ4v) is 2.39. The minimum Gasteiger partial charge on any atom is -0.308 e. The summed E-state index contributed by atoms with van der Waals surface area (Å²) in [6.07, 6.45) is 0. The standard InChI is InChI=1S/C17H17FN4O/c1-11-15-9-8-14(10-16(15)20-22(11)3)21(2)17(23)19-13-6-4-12(18)5-7-13/h4-10H,1-3H3,(H,19,23). The molecule has 1 N–H and O–H groups in total. The summed E-state index contributed by atoms with van der Waals surface area (Å²) in [5.41, 5.74) is 3.18. The highest BCUT2D eigenvalue weighted by Crippen LogP contribution is 2.23. The quantitative estimate of drug-likeness (QED) is 0.784. The van der Waals surface area contributed by atoms with Crippen LogP contribution in [0.4, 0.5) is 20.6 Å². The molecule has 23 heavy (non-hydrogen) atoms. The molecule has 0 bridgehead atoms. The van der Waals surface area contributed by atoms with E-state index in [-0.39, 0.29) is 11.8 Å². The molecule has 0 aliphatic heterocycles. The number of hydrogen-bond acceptors (Lipinski definition) is 2. The molecule has 0 fully saturated rings. The summed E-state index contributed by atoms with van der Waals surface area (Å²) in [6, 6.07) is 11.0. The number of halogens is 1. The van der Waals surface area contributed by atoms with Crippen molar-refractivity contribution in [3.05, 3.63) is 54.0 Å². The predicted molar refractivity (Wildman–Crippen MR) is 89.3 cm³/mol. The molecule has 0 aliphatic carbocycles. The molecule has 3 aromatic rings. The van der Waals surface area contributed by atoms with Crippen LogP contribution in [0.1, 0.15) is 5.69 Å². The van der Waals surface area contributed by atoms with E-state index in [0.29, 0.717) is 5.69 Å². The monoisotopic (exact) mass is 312 g/mol. The average molecular weight is 312 g/mol. The van der Waals surface area contributed by atoms with Crippen LogP contribution in [-0.2, 0) is 7.05 Å². The van der Waals surface area contributed by atoms with Crippen LogP contribution in [0.5, 0.6) is 0 Å². The number of rotatable bonds is 2. The highest BCUT2D eigenvalue weighted by molar-refractivity contribution is 6.02. The lowest BCUT2D eigenvalue weighted by atomic mass is 10.2. The van der Waals surface area contributed by atoms with E-state index in [2.05, 4.69) is 10.4 Å². The van der Waals surface area contributed by atoms with Crippen molar-refractivity contribution >= 4 is 28.3 Å². The highest BCUT2D eigenvalue weighted by atomic mass is 19.1. The number of fused-ring (bicyclic) bond motifs is 1. The van der Waals surface area contributed by atoms with Crippen molar-refractivity contribution in [2.75, 3.05) is 17.3 Å². The second-order valence-corrected chi connectivity index (χ2v) is 5.41. The maximum atomic E-state index is 12.9. The minimum absolute atomic E-state index is 0.302. The van der Waals surface area contributed by atoms with Gasteiger partial charge in [-0.05, 0) is 49.4 Å². The van der Waals surface area contributed by atoms with Gasteiger partial charge in [-0.15, -0.1) is 0 Å². The van der Waals surface area contributed by atoms with E-state index in [0.717, 1.165) is 22.3 Å². The molecule has 2 amide bonds. The van der Waals surface area contributed by atoms with Crippen molar-refractivity contribution < 1.29 is 9.18 Å². The molecule has 0 saturated heterocycles. The van der Waals surface area contributed by atoms with Crippen molar-refractivity contribution in [3.8, 4) is 0 Å². The first-order chi connectivity index (χ1) is 11.0. The Hall–Kier alpha value is -2.89. The number of nitrogens with zero attached hydrogens (tertiary/aromatic N) is 3. The topological polar surface area (TPSA) is 50.2 Å². The first-order valence-electron chi connectivity index (χ1n) is 7.19. The molecule has 0 atom stereocenters. The lowest BCUT2D eigenvalue weighted by Gasteiger charge is -2.18. The number of nitrogens with one attached hydrogen (secondary N) is 1. The number of carbonyl (C=O) groups excluding carboxylic acids is 1. The number of anilines is 2. The van der Waals surface area contributed by atoms with E-state index in [9.17, 15) is 9.18 Å². The summed E-state index contributed by atoms with van der Waals surface area (Å²) in [7, 11) is 3.57. The zero-order valence-corrected chi connectivity index (χ0v) is 13.2. The van der Waals surface area contributed by atoms with Crippen LogP contribution in [-0.4, -0.2) is 22.9 Å². The van der Waals surface area contributed by atoms with Crippen molar-refractivity contribution in [1.29, 1.82) is 0 Å². The maximum Gasteiger partial charge on any atom is 0.326 e. The number of aromatic nitrogens is 2. The van der Waals surface area contributed by atoms with Crippen LogP contribution in [0.2, 0.25) is 0 Å². The van der Waals surface area contributed by atoms with Crippen LogP contribution in [0.15, 0.2) is 42.5 Å². The molecule has 1 heterocycles. The minimum atomic E-state index is -0.340. The van der Waals surface area contributed by atoms with Gasteiger partial charge in [0.2, 0.25) is 0 Å². The Kier molecular flexibility index (Phi) is 3.73. The Bertz CT molecular complexity index is 870. The molecule has 2 aromatic carbocycles. The van der Waals surface area contributed by atoms with Crippen LogP contribution in [0.3, 0.4) is 0 Å². The lowest BCUT2D eigenvalue weighted by molar-refractivity contribution is 0.258. The fraction of sp³-hybridized carbons (Fsp3) is 0.176. The van der Waals surface area contributed by atoms with Gasteiger partial charge in [-0.3, -0.25) is 9.58 Å². The fourth-order valence-electron chi connectivity index (χ4n) is 2.39. The molecule has 1 aromatic heterocycles. The van der Waals surface area contributed by atoms with Gasteiger partial charge in [-0.25, -0.2) is 9.18 Å². The molecule has 6 heteroatoms. The third-order valence-electron chi connectivity index (χ3n) is 3.90. The molecular weight excluding hydrogens is 295 g/mol. The van der Waals surface area contributed by atoms with Crippen molar-refractivity contribution in [2.24, 2.45) is 7.05 Å². The number of aryl methyl sites for hydroxylation is 2. The smallest absolute Gasteiger partial charge is 0.308 e. The van der Waals surface area contributed by atoms with Gasteiger partial charge in [0.05, 0.1) is 5.52 Å². The van der Waals surface area contributed by atoms with Gasteiger partial charge >= 0.3 is 6.03 Å². The zero-order chi connectivity index (χ0) is 16.6. The van der Waals surface area contributed by atoms with Crippen LogP contribution in [0.25, 0.3) is 10.9 Å². The molecule has 118 valence electrons. The lowest BCUT2D eigenvalue weighted by Crippen LogP contribution is -2.31. The van der Waals surface area contributed by atoms with Crippen molar-refractivity contribution in [3.63, 3.8) is 0 Å². The van der Waals surface area contributed by atoms with Gasteiger partial charge in [0.1, 0.15) is 5.82 Å². The van der Waals surface area contributed by atoms with E-state index in [4.69, 9.17) is 0 Å². The van der Waals surface area contributed by atoms with Gasteiger partial charge in [0.25, 0.3) is 0 Å². The molecule has 0 unspecified atom stereocenters. The third kappa shape index (κ3) is 2.88. The van der Waals surface area contributed by atoms with Crippen LogP contribution in [0, 0.1) is 12.7 Å². The number of carbonyl (C=O) groups is 1. The zero-order valence-electron chi connectivity index (χ0n) is 13.2. The van der Waals surface area contributed by atoms with Crippen molar-refractivity contribution in [2.45, 2.75) is 6.92 Å². The first kappa shape index (κ1) is 15.0. The summed E-state index contributed by atoms with van der Waals surface area (Å²) >= 11 is 0. The normalized spacial score (nSPS) is 10.8. The Labute approximate surface area is 133 Å². The van der Waals surface area contributed by atoms with Gasteiger partial charge < -0.3 is 5.32 Å². The maximum absolute atomic E-state index is 12.9. The molecule has 0 spiro atoms. The Balaban J connectivity index is 1.82. The van der Waals surface area contributed by atoms with E-state index < -0.39 is 0 Å². The van der Waals surface area contributed by atoms with Gasteiger partial charge in [0, 0.05) is 36.6 Å². The van der Waals surface area contributed by atoms with E-state index in [1.54, 1.807) is 7.05 Å². The van der Waals surface area contributed by atoms with E-state index >= 15 is 0 Å². The van der Waals surface area contributed by atoms with E-state index in [1.807, 2.05) is 36.9 Å². The second kappa shape index (κ2) is 5.72. The van der Waals surface area contributed by atoms with Crippen LogP contribution >= 0.6 is 0 Å².